The number of halogens is 1. The molecule has 1 saturated carbocycles. The number of likely N-dealkylation sites (tertiary alicyclic amines) is 1. The van der Waals surface area contributed by atoms with E-state index in [-0.39, 0.29) is 0 Å². The largest absolute Gasteiger partial charge is 0.405 e. The minimum absolute atomic E-state index is 0.336. The number of rotatable bonds is 4. The summed E-state index contributed by atoms with van der Waals surface area (Å²) in [6, 6.07) is 1.05. The van der Waals surface area contributed by atoms with Crippen molar-refractivity contribution in [1.82, 2.24) is 4.90 Å². The molecule has 0 aromatic heterocycles. The Balaban J connectivity index is 1.99. The Kier molecular flexibility index (Phi) is 4.83. The van der Waals surface area contributed by atoms with E-state index in [0.717, 1.165) is 11.6 Å². The predicted octanol–water partition coefficient (Wildman–Crippen LogP) is 3.04. The fourth-order valence-corrected chi connectivity index (χ4v) is 3.51. The molecule has 3 nitrogen and oxygen atoms in total. The van der Waals surface area contributed by atoms with Crippen molar-refractivity contribution in [2.45, 2.75) is 37.8 Å². The van der Waals surface area contributed by atoms with Gasteiger partial charge in [-0.25, -0.2) is 4.99 Å². The second-order valence-electron chi connectivity index (χ2n) is 5.35. The maximum atomic E-state index is 6.07. The van der Waals surface area contributed by atoms with Crippen molar-refractivity contribution in [2.24, 2.45) is 16.6 Å². The van der Waals surface area contributed by atoms with Gasteiger partial charge in [0.1, 0.15) is 5.17 Å². The third-order valence-electron chi connectivity index (χ3n) is 4.25. The minimum Gasteiger partial charge on any atom is -0.405 e. The summed E-state index contributed by atoms with van der Waals surface area (Å²) in [4.78, 5) is 6.82. The average molecular weight is 280 g/mol. The maximum Gasteiger partial charge on any atom is 0.129 e. The SMILES string of the molecule is C=C(N=C(Cl)/C=C\C=C\N)C1CC2CCCC2N1C. The molecule has 19 heavy (non-hydrogen) atoms. The number of likely N-dealkylation sites (N-methyl/N-ethyl adjacent to an activating group) is 1. The summed E-state index contributed by atoms with van der Waals surface area (Å²) in [5.41, 5.74) is 6.11. The maximum absolute atomic E-state index is 6.07. The van der Waals surface area contributed by atoms with Gasteiger partial charge in [0.15, 0.2) is 0 Å². The Morgan fingerprint density at radius 2 is 2.21 bits per heavy atom. The number of nitrogens with two attached hydrogens (primary N) is 1. The molecule has 4 heteroatoms. The van der Waals surface area contributed by atoms with Crippen LogP contribution in [0.4, 0.5) is 0 Å². The Morgan fingerprint density at radius 3 is 2.89 bits per heavy atom. The molecule has 2 aliphatic rings. The van der Waals surface area contributed by atoms with Crippen molar-refractivity contribution in [2.75, 3.05) is 7.05 Å². The molecule has 3 unspecified atom stereocenters. The summed E-state index contributed by atoms with van der Waals surface area (Å²) >= 11 is 6.07. The number of fused-ring (bicyclic) bond motifs is 1. The topological polar surface area (TPSA) is 41.6 Å². The molecule has 0 aromatic carbocycles. The highest BCUT2D eigenvalue weighted by Gasteiger charge is 2.42. The number of nitrogens with zero attached hydrogens (tertiary/aromatic N) is 2. The van der Waals surface area contributed by atoms with Crippen LogP contribution < -0.4 is 5.73 Å². The molecule has 0 aromatic rings. The molecule has 104 valence electrons. The first-order valence-corrected chi connectivity index (χ1v) is 7.21. The second kappa shape index (κ2) is 6.40. The lowest BCUT2D eigenvalue weighted by Gasteiger charge is -2.24. The molecule has 0 spiro atoms. The van der Waals surface area contributed by atoms with E-state index in [1.807, 2.05) is 0 Å². The van der Waals surface area contributed by atoms with Crippen LogP contribution in [0.25, 0.3) is 0 Å². The quantitative estimate of drug-likeness (QED) is 0.635. The van der Waals surface area contributed by atoms with Crippen molar-refractivity contribution in [3.63, 3.8) is 0 Å². The first-order chi connectivity index (χ1) is 9.13. The molecule has 1 heterocycles. The molecular formula is C15H22ClN3. The molecule has 0 radical (unpaired) electrons. The van der Waals surface area contributed by atoms with Gasteiger partial charge in [0.05, 0.1) is 11.7 Å². The second-order valence-corrected chi connectivity index (χ2v) is 5.73. The molecule has 1 aliphatic carbocycles. The lowest BCUT2D eigenvalue weighted by molar-refractivity contribution is 0.253. The summed E-state index contributed by atoms with van der Waals surface area (Å²) in [5, 5.41) is 0.452. The predicted molar refractivity (Wildman–Crippen MR) is 82.2 cm³/mol. The van der Waals surface area contributed by atoms with E-state index >= 15 is 0 Å². The zero-order valence-corrected chi connectivity index (χ0v) is 12.2. The zero-order chi connectivity index (χ0) is 13.8. The van der Waals surface area contributed by atoms with Crippen LogP contribution in [0.3, 0.4) is 0 Å². The van der Waals surface area contributed by atoms with E-state index < -0.39 is 0 Å². The van der Waals surface area contributed by atoms with Crippen LogP contribution in [-0.4, -0.2) is 29.2 Å². The lowest BCUT2D eigenvalue weighted by Crippen LogP contribution is -2.32. The third kappa shape index (κ3) is 3.28. The van der Waals surface area contributed by atoms with Crippen LogP contribution in [0.2, 0.25) is 0 Å². The van der Waals surface area contributed by atoms with E-state index in [2.05, 4.69) is 23.5 Å². The van der Waals surface area contributed by atoms with E-state index in [0.29, 0.717) is 17.3 Å². The Hall–Kier alpha value is -1.06. The van der Waals surface area contributed by atoms with Crippen LogP contribution in [0, 0.1) is 5.92 Å². The highest BCUT2D eigenvalue weighted by Crippen LogP contribution is 2.42. The molecular weight excluding hydrogens is 258 g/mol. The highest BCUT2D eigenvalue weighted by molar-refractivity contribution is 6.68. The van der Waals surface area contributed by atoms with E-state index in [9.17, 15) is 0 Å². The zero-order valence-electron chi connectivity index (χ0n) is 11.4. The van der Waals surface area contributed by atoms with Crippen LogP contribution in [0.15, 0.2) is 41.7 Å². The lowest BCUT2D eigenvalue weighted by atomic mass is 10.0. The fraction of sp³-hybridized carbons (Fsp3) is 0.533. The van der Waals surface area contributed by atoms with Gasteiger partial charge in [-0.05, 0) is 50.6 Å². The molecule has 2 fully saturated rings. The van der Waals surface area contributed by atoms with Crippen molar-refractivity contribution < 1.29 is 0 Å². The van der Waals surface area contributed by atoms with Crippen molar-refractivity contribution >= 4 is 16.8 Å². The molecule has 0 amide bonds. The monoisotopic (exact) mass is 279 g/mol. The van der Waals surface area contributed by atoms with Gasteiger partial charge >= 0.3 is 0 Å². The number of allylic oxidation sites excluding steroid dienone is 3. The molecule has 3 atom stereocenters. The number of aliphatic imine (C=N–C) groups is 1. The third-order valence-corrected chi connectivity index (χ3v) is 4.46. The fourth-order valence-electron chi connectivity index (χ4n) is 3.33. The summed E-state index contributed by atoms with van der Waals surface area (Å²) < 4.78 is 0. The summed E-state index contributed by atoms with van der Waals surface area (Å²) in [7, 11) is 2.18. The van der Waals surface area contributed by atoms with Gasteiger partial charge in [0.2, 0.25) is 0 Å². The van der Waals surface area contributed by atoms with Gasteiger partial charge < -0.3 is 5.73 Å². The van der Waals surface area contributed by atoms with E-state index in [4.69, 9.17) is 17.3 Å². The van der Waals surface area contributed by atoms with Crippen LogP contribution in [-0.2, 0) is 0 Å². The Labute approximate surface area is 120 Å². The van der Waals surface area contributed by atoms with Crippen LogP contribution >= 0.6 is 11.6 Å². The normalized spacial score (nSPS) is 32.5. The Morgan fingerprint density at radius 1 is 1.42 bits per heavy atom. The van der Waals surface area contributed by atoms with Gasteiger partial charge in [-0.15, -0.1) is 0 Å². The number of hydrogen-bond donors (Lipinski definition) is 1. The average Bonchev–Trinajstić information content (AvgIpc) is 2.93. The molecule has 1 aliphatic heterocycles. The molecule has 1 saturated heterocycles. The smallest absolute Gasteiger partial charge is 0.129 e. The van der Waals surface area contributed by atoms with Gasteiger partial charge in [-0.2, -0.15) is 0 Å². The molecule has 0 bridgehead atoms. The van der Waals surface area contributed by atoms with Crippen LogP contribution in [0.1, 0.15) is 25.7 Å². The highest BCUT2D eigenvalue weighted by atomic mass is 35.5. The standard InChI is InChI=1S/C15H22ClN3/c1-11(18-15(16)8-3-4-9-17)14-10-12-6-5-7-13(12)19(14)2/h3-4,8-9,12-14H,1,5-7,10,17H2,2H3/b8-3-,9-4+,18-15?. The Bertz CT molecular complexity index is 425. The summed E-state index contributed by atoms with van der Waals surface area (Å²) in [6.45, 7) is 4.09. The minimum atomic E-state index is 0.336. The molecule has 2 rings (SSSR count). The van der Waals surface area contributed by atoms with E-state index in [1.54, 1.807) is 18.2 Å². The summed E-state index contributed by atoms with van der Waals surface area (Å²) in [6.07, 6.45) is 11.9. The van der Waals surface area contributed by atoms with Gasteiger partial charge in [0, 0.05) is 6.04 Å². The van der Waals surface area contributed by atoms with Gasteiger partial charge in [-0.3, -0.25) is 4.90 Å². The van der Waals surface area contributed by atoms with Crippen molar-refractivity contribution in [1.29, 1.82) is 0 Å². The summed E-state index contributed by atoms with van der Waals surface area (Å²) in [5.74, 6) is 0.816. The van der Waals surface area contributed by atoms with Crippen molar-refractivity contribution in [3.05, 3.63) is 36.7 Å². The van der Waals surface area contributed by atoms with Gasteiger partial charge in [0.25, 0.3) is 0 Å². The van der Waals surface area contributed by atoms with Gasteiger partial charge in [-0.1, -0.05) is 30.7 Å². The first kappa shape index (κ1) is 14.4. The van der Waals surface area contributed by atoms with E-state index in [1.165, 1.54) is 31.9 Å². The first-order valence-electron chi connectivity index (χ1n) is 6.83. The number of hydrogen-bond acceptors (Lipinski definition) is 3. The molecule has 2 N–H and O–H groups in total. The van der Waals surface area contributed by atoms with Crippen molar-refractivity contribution in [3.8, 4) is 0 Å². The van der Waals surface area contributed by atoms with Crippen LogP contribution in [0.5, 0.6) is 0 Å².